The molecule has 0 saturated heterocycles. The lowest BCUT2D eigenvalue weighted by molar-refractivity contribution is -0.137. The molecule has 1 aromatic carbocycles. The van der Waals surface area contributed by atoms with Crippen LogP contribution in [0.4, 0.5) is 0 Å². The molecule has 0 aliphatic heterocycles. The molecular weight excluding hydrogens is 314 g/mol. The van der Waals surface area contributed by atoms with Crippen LogP contribution in [0.5, 0.6) is 0 Å². The highest BCUT2D eigenvalue weighted by Crippen LogP contribution is 2.08. The Morgan fingerprint density at radius 2 is 1.72 bits per heavy atom. The molecule has 0 aliphatic carbocycles. The minimum atomic E-state index is -0.713. The largest absolute Gasteiger partial charge is 0.481 e. The first-order valence-electron chi connectivity index (χ1n) is 9.39. The summed E-state index contributed by atoms with van der Waals surface area (Å²) in [6.07, 6.45) is 6.29. The third-order valence-corrected chi connectivity index (χ3v) is 3.68. The Kier molecular flexibility index (Phi) is 13.4. The van der Waals surface area contributed by atoms with Crippen LogP contribution in [0.1, 0.15) is 70.4 Å². The maximum atomic E-state index is 11.5. The maximum absolute atomic E-state index is 11.5. The monoisotopic (exact) mass is 349 g/mol. The van der Waals surface area contributed by atoms with Gasteiger partial charge in [0.25, 0.3) is 0 Å². The van der Waals surface area contributed by atoms with E-state index in [4.69, 9.17) is 5.11 Å². The molecule has 0 fully saturated rings. The summed E-state index contributed by atoms with van der Waals surface area (Å²) in [7, 11) is 0. The number of hydrogen-bond donors (Lipinski definition) is 2. The lowest BCUT2D eigenvalue weighted by atomic mass is 10.1. The molecular formula is C21H35NO3. The second kappa shape index (κ2) is 14.5. The summed E-state index contributed by atoms with van der Waals surface area (Å²) in [5.41, 5.74) is 2.67. The Hall–Kier alpha value is -1.84. The van der Waals surface area contributed by atoms with Crippen LogP contribution in [0.25, 0.3) is 0 Å². The number of amides is 1. The molecule has 0 spiro atoms. The van der Waals surface area contributed by atoms with Gasteiger partial charge in [0, 0.05) is 19.4 Å². The fourth-order valence-corrected chi connectivity index (χ4v) is 2.21. The molecule has 4 heteroatoms. The third-order valence-electron chi connectivity index (χ3n) is 3.68. The number of aliphatic carboxylic acids is 1. The Labute approximate surface area is 153 Å². The fraction of sp³-hybridized carbons (Fsp3) is 0.619. The van der Waals surface area contributed by atoms with Crippen molar-refractivity contribution < 1.29 is 14.7 Å². The molecule has 2 N–H and O–H groups in total. The molecule has 4 nitrogen and oxygen atoms in total. The molecule has 25 heavy (non-hydrogen) atoms. The highest BCUT2D eigenvalue weighted by Gasteiger charge is 2.00. The summed E-state index contributed by atoms with van der Waals surface area (Å²) in [4.78, 5) is 21.3. The van der Waals surface area contributed by atoms with E-state index in [9.17, 15) is 9.59 Å². The third kappa shape index (κ3) is 15.4. The molecule has 0 aromatic heterocycles. The predicted molar refractivity (Wildman–Crippen MR) is 104 cm³/mol. The molecule has 0 bridgehead atoms. The molecule has 0 unspecified atom stereocenters. The van der Waals surface area contributed by atoms with Gasteiger partial charge >= 0.3 is 5.97 Å². The number of carboxylic acids is 1. The quantitative estimate of drug-likeness (QED) is 0.600. The van der Waals surface area contributed by atoms with Gasteiger partial charge in [0.1, 0.15) is 0 Å². The summed E-state index contributed by atoms with van der Waals surface area (Å²) in [6.45, 7) is 8.83. The predicted octanol–water partition coefficient (Wildman–Crippen LogP) is 4.74. The summed E-state index contributed by atoms with van der Waals surface area (Å²) in [5, 5.41) is 11.0. The molecule has 0 aliphatic rings. The lowest BCUT2D eigenvalue weighted by Gasteiger charge is -2.04. The zero-order valence-electron chi connectivity index (χ0n) is 16.3. The average molecular weight is 350 g/mol. The number of unbranched alkanes of at least 4 members (excludes halogenated alkanes) is 2. The Morgan fingerprint density at radius 1 is 1.08 bits per heavy atom. The van der Waals surface area contributed by atoms with Crippen molar-refractivity contribution in [2.45, 2.75) is 72.6 Å². The van der Waals surface area contributed by atoms with Crippen molar-refractivity contribution in [3.63, 3.8) is 0 Å². The van der Waals surface area contributed by atoms with Crippen molar-refractivity contribution in [1.29, 1.82) is 0 Å². The van der Waals surface area contributed by atoms with E-state index in [0.717, 1.165) is 38.6 Å². The Morgan fingerprint density at radius 3 is 2.20 bits per heavy atom. The van der Waals surface area contributed by atoms with E-state index < -0.39 is 5.97 Å². The van der Waals surface area contributed by atoms with Crippen molar-refractivity contribution >= 4 is 11.9 Å². The number of carbonyl (C=O) groups is 2. The van der Waals surface area contributed by atoms with Crippen LogP contribution >= 0.6 is 0 Å². The van der Waals surface area contributed by atoms with Gasteiger partial charge in [0.15, 0.2) is 0 Å². The minimum absolute atomic E-state index is 0.201. The number of carbonyl (C=O) groups excluding carboxylic acids is 1. The van der Waals surface area contributed by atoms with Crippen LogP contribution in [0, 0.1) is 12.8 Å². The molecule has 142 valence electrons. The number of nitrogens with one attached hydrogen (secondary N) is 1. The van der Waals surface area contributed by atoms with Gasteiger partial charge in [0.2, 0.25) is 5.91 Å². The average Bonchev–Trinajstić information content (AvgIpc) is 2.53. The second-order valence-electron chi connectivity index (χ2n) is 6.89. The first-order chi connectivity index (χ1) is 11.8. The second-order valence-corrected chi connectivity index (χ2v) is 6.89. The fourth-order valence-electron chi connectivity index (χ4n) is 2.21. The van der Waals surface area contributed by atoms with Crippen molar-refractivity contribution in [3.8, 4) is 0 Å². The molecule has 0 heterocycles. The van der Waals surface area contributed by atoms with Crippen molar-refractivity contribution in [3.05, 3.63) is 35.4 Å². The van der Waals surface area contributed by atoms with Gasteiger partial charge < -0.3 is 10.4 Å². The molecule has 0 atom stereocenters. The first kappa shape index (κ1) is 23.2. The number of carboxylic acid groups (broad SMARTS) is 1. The lowest BCUT2D eigenvalue weighted by Crippen LogP contribution is -2.23. The Bertz CT molecular complexity index is 480. The van der Waals surface area contributed by atoms with Crippen LogP contribution in [0.15, 0.2) is 24.3 Å². The highest BCUT2D eigenvalue weighted by atomic mass is 16.4. The van der Waals surface area contributed by atoms with Gasteiger partial charge in [-0.15, -0.1) is 0 Å². The van der Waals surface area contributed by atoms with Gasteiger partial charge in [-0.1, -0.05) is 57.0 Å². The van der Waals surface area contributed by atoms with Crippen LogP contribution in [0.3, 0.4) is 0 Å². The summed E-state index contributed by atoms with van der Waals surface area (Å²) < 4.78 is 0. The number of benzene rings is 1. The van der Waals surface area contributed by atoms with Crippen LogP contribution in [0.2, 0.25) is 0 Å². The maximum Gasteiger partial charge on any atom is 0.303 e. The Balaban J connectivity index is 0.000000697. The summed E-state index contributed by atoms with van der Waals surface area (Å²) in [6, 6.07) is 8.65. The van der Waals surface area contributed by atoms with Gasteiger partial charge in [-0.2, -0.15) is 0 Å². The summed E-state index contributed by atoms with van der Waals surface area (Å²) in [5.74, 6) is -0.236. The van der Waals surface area contributed by atoms with E-state index in [1.165, 1.54) is 11.1 Å². The van der Waals surface area contributed by atoms with E-state index in [-0.39, 0.29) is 18.2 Å². The van der Waals surface area contributed by atoms with E-state index in [1.54, 1.807) is 0 Å². The normalized spacial score (nSPS) is 10.1. The van der Waals surface area contributed by atoms with E-state index in [2.05, 4.69) is 43.4 Å². The van der Waals surface area contributed by atoms with Crippen molar-refractivity contribution in [2.75, 3.05) is 6.54 Å². The molecule has 1 amide bonds. The van der Waals surface area contributed by atoms with Gasteiger partial charge in [-0.3, -0.25) is 9.59 Å². The SMILES string of the molecule is CC(C)CC(=O)O.CCCCNC(=O)CCCCc1ccc(C)cc1. The minimum Gasteiger partial charge on any atom is -0.481 e. The van der Waals surface area contributed by atoms with Crippen LogP contribution < -0.4 is 5.32 Å². The molecule has 1 aromatic rings. The van der Waals surface area contributed by atoms with E-state index in [0.29, 0.717) is 6.42 Å². The summed E-state index contributed by atoms with van der Waals surface area (Å²) >= 11 is 0. The van der Waals surface area contributed by atoms with Gasteiger partial charge in [-0.25, -0.2) is 0 Å². The molecule has 1 rings (SSSR count). The zero-order chi connectivity index (χ0) is 19.1. The van der Waals surface area contributed by atoms with E-state index >= 15 is 0 Å². The van der Waals surface area contributed by atoms with E-state index in [1.807, 2.05) is 13.8 Å². The smallest absolute Gasteiger partial charge is 0.303 e. The van der Waals surface area contributed by atoms with Crippen LogP contribution in [-0.4, -0.2) is 23.5 Å². The standard InChI is InChI=1S/C16H25NO.C5H10O2/c1-3-4-13-17-16(18)8-6-5-7-15-11-9-14(2)10-12-15;1-4(2)3-5(6)7/h9-12H,3-8,13H2,1-2H3,(H,17,18);4H,3H2,1-2H3,(H,6,7). The highest BCUT2D eigenvalue weighted by molar-refractivity contribution is 5.75. The van der Waals surface area contributed by atoms with Crippen molar-refractivity contribution in [1.82, 2.24) is 5.32 Å². The topological polar surface area (TPSA) is 66.4 Å². The number of aryl methyl sites for hydroxylation is 2. The van der Waals surface area contributed by atoms with Crippen molar-refractivity contribution in [2.24, 2.45) is 5.92 Å². The number of hydrogen-bond acceptors (Lipinski definition) is 2. The van der Waals surface area contributed by atoms with Gasteiger partial charge in [0.05, 0.1) is 0 Å². The van der Waals surface area contributed by atoms with Crippen LogP contribution in [-0.2, 0) is 16.0 Å². The molecule has 0 saturated carbocycles. The molecule has 0 radical (unpaired) electrons. The first-order valence-corrected chi connectivity index (χ1v) is 9.39. The number of rotatable bonds is 10. The zero-order valence-corrected chi connectivity index (χ0v) is 16.3. The van der Waals surface area contributed by atoms with Gasteiger partial charge in [-0.05, 0) is 44.1 Å².